The third-order valence-corrected chi connectivity index (χ3v) is 3.58. The first-order valence-corrected chi connectivity index (χ1v) is 6.74. The van der Waals surface area contributed by atoms with Gasteiger partial charge in [0.2, 0.25) is 0 Å². The minimum Gasteiger partial charge on any atom is -0.478 e. The Labute approximate surface area is 112 Å². The van der Waals surface area contributed by atoms with Crippen molar-refractivity contribution in [1.29, 1.82) is 0 Å². The second-order valence-corrected chi connectivity index (χ2v) is 5.00. The maximum Gasteiger partial charge on any atom is 0.335 e. The van der Waals surface area contributed by atoms with Crippen molar-refractivity contribution in [2.75, 3.05) is 24.6 Å². The highest BCUT2D eigenvalue weighted by Gasteiger charge is 2.21. The molecule has 2 N–H and O–H groups in total. The van der Waals surface area contributed by atoms with Gasteiger partial charge in [-0.1, -0.05) is 6.92 Å². The van der Waals surface area contributed by atoms with Crippen LogP contribution in [0.5, 0.6) is 0 Å². The molecule has 1 fully saturated rings. The number of nitrogens with zero attached hydrogens (tertiary/aromatic N) is 2. The molecule has 0 saturated carbocycles. The molecule has 2 heterocycles. The summed E-state index contributed by atoms with van der Waals surface area (Å²) in [5.41, 5.74) is 1.08. The maximum atomic E-state index is 11.1. The van der Waals surface area contributed by atoms with Crippen molar-refractivity contribution in [3.63, 3.8) is 0 Å². The Bertz CT molecular complexity index is 462. The molecular formula is C14H20N2O3. The Balaban J connectivity index is 2.27. The Morgan fingerprint density at radius 1 is 1.53 bits per heavy atom. The van der Waals surface area contributed by atoms with Crippen LogP contribution in [0.15, 0.2) is 12.1 Å². The molecule has 0 amide bonds. The van der Waals surface area contributed by atoms with Gasteiger partial charge in [0.05, 0.1) is 5.56 Å². The predicted molar refractivity (Wildman–Crippen MR) is 72.6 cm³/mol. The van der Waals surface area contributed by atoms with E-state index in [-0.39, 0.29) is 18.1 Å². The zero-order valence-corrected chi connectivity index (χ0v) is 11.2. The smallest absolute Gasteiger partial charge is 0.335 e. The van der Waals surface area contributed by atoms with Gasteiger partial charge >= 0.3 is 5.97 Å². The Hall–Kier alpha value is -1.62. The lowest BCUT2D eigenvalue weighted by Crippen LogP contribution is -2.37. The molecule has 0 aliphatic carbocycles. The molecule has 1 aromatic rings. The predicted octanol–water partition coefficient (Wildman–Crippen LogP) is 1.55. The van der Waals surface area contributed by atoms with Gasteiger partial charge in [0.15, 0.2) is 0 Å². The van der Waals surface area contributed by atoms with Gasteiger partial charge in [0, 0.05) is 25.4 Å². The van der Waals surface area contributed by atoms with Crippen LogP contribution < -0.4 is 4.90 Å². The first-order valence-electron chi connectivity index (χ1n) is 6.74. The molecule has 0 bridgehead atoms. The van der Waals surface area contributed by atoms with E-state index < -0.39 is 5.97 Å². The minimum absolute atomic E-state index is 0.176. The third kappa shape index (κ3) is 3.23. The Kier molecular flexibility index (Phi) is 4.37. The van der Waals surface area contributed by atoms with Crippen LogP contribution in [0.2, 0.25) is 0 Å². The number of anilines is 1. The lowest BCUT2D eigenvalue weighted by atomic mass is 9.99. The van der Waals surface area contributed by atoms with Crippen LogP contribution in [0.4, 0.5) is 5.82 Å². The topological polar surface area (TPSA) is 73.7 Å². The summed E-state index contributed by atoms with van der Waals surface area (Å²) in [7, 11) is 0. The number of carboxylic acid groups (broad SMARTS) is 1. The van der Waals surface area contributed by atoms with Gasteiger partial charge in [0.1, 0.15) is 5.82 Å². The molecule has 1 aliphatic rings. The summed E-state index contributed by atoms with van der Waals surface area (Å²) in [6.45, 7) is 3.76. The van der Waals surface area contributed by atoms with Gasteiger partial charge in [-0.05, 0) is 37.3 Å². The lowest BCUT2D eigenvalue weighted by Gasteiger charge is -2.33. The molecule has 1 atom stereocenters. The molecule has 2 rings (SSSR count). The minimum atomic E-state index is -0.922. The zero-order valence-electron chi connectivity index (χ0n) is 11.2. The normalized spacial score (nSPS) is 19.5. The summed E-state index contributed by atoms with van der Waals surface area (Å²) < 4.78 is 0. The highest BCUT2D eigenvalue weighted by molar-refractivity contribution is 5.88. The number of aliphatic hydroxyl groups is 1. The van der Waals surface area contributed by atoms with Crippen LogP contribution in [0, 0.1) is 5.92 Å². The summed E-state index contributed by atoms with van der Waals surface area (Å²) in [6, 6.07) is 3.25. The number of hydrogen-bond donors (Lipinski definition) is 2. The van der Waals surface area contributed by atoms with Gasteiger partial charge in [-0.15, -0.1) is 0 Å². The van der Waals surface area contributed by atoms with Gasteiger partial charge in [0.25, 0.3) is 0 Å². The molecule has 0 radical (unpaired) electrons. The summed E-state index contributed by atoms with van der Waals surface area (Å²) in [5.74, 6) is 0.0538. The molecule has 1 unspecified atom stereocenters. The monoisotopic (exact) mass is 264 g/mol. The first kappa shape index (κ1) is 13.8. The van der Waals surface area contributed by atoms with E-state index >= 15 is 0 Å². The number of aromatic carboxylic acids is 1. The van der Waals surface area contributed by atoms with Crippen molar-refractivity contribution in [2.24, 2.45) is 5.92 Å². The SMILES string of the molecule is CCc1cc(C(=O)O)cc(N2CCCC(CO)C2)n1. The quantitative estimate of drug-likeness (QED) is 0.863. The van der Waals surface area contributed by atoms with Crippen LogP contribution in [0.1, 0.15) is 35.8 Å². The second-order valence-electron chi connectivity index (χ2n) is 5.00. The molecule has 1 aromatic heterocycles. The average Bonchev–Trinajstić information content (AvgIpc) is 2.46. The molecule has 0 aromatic carbocycles. The van der Waals surface area contributed by atoms with Crippen LogP contribution >= 0.6 is 0 Å². The van der Waals surface area contributed by atoms with Crippen molar-refractivity contribution < 1.29 is 15.0 Å². The van der Waals surface area contributed by atoms with Gasteiger partial charge in [-0.2, -0.15) is 0 Å². The molecule has 5 nitrogen and oxygen atoms in total. The number of aromatic nitrogens is 1. The van der Waals surface area contributed by atoms with E-state index in [1.165, 1.54) is 0 Å². The van der Waals surface area contributed by atoms with Crippen LogP contribution in [0.25, 0.3) is 0 Å². The van der Waals surface area contributed by atoms with Crippen LogP contribution in [-0.4, -0.2) is 40.9 Å². The number of rotatable bonds is 4. The highest BCUT2D eigenvalue weighted by Crippen LogP contribution is 2.23. The van der Waals surface area contributed by atoms with Crippen LogP contribution in [-0.2, 0) is 6.42 Å². The number of aryl methyl sites for hydroxylation is 1. The number of aliphatic hydroxyl groups excluding tert-OH is 1. The number of hydrogen-bond acceptors (Lipinski definition) is 4. The summed E-state index contributed by atoms with van der Waals surface area (Å²) in [4.78, 5) is 17.7. The molecule has 1 saturated heterocycles. The van der Waals surface area contributed by atoms with Crippen molar-refractivity contribution in [1.82, 2.24) is 4.98 Å². The molecule has 5 heteroatoms. The first-order chi connectivity index (χ1) is 9.13. The fraction of sp³-hybridized carbons (Fsp3) is 0.571. The Morgan fingerprint density at radius 3 is 2.95 bits per heavy atom. The third-order valence-electron chi connectivity index (χ3n) is 3.58. The van der Waals surface area contributed by atoms with Crippen LogP contribution in [0.3, 0.4) is 0 Å². The van der Waals surface area contributed by atoms with E-state index in [2.05, 4.69) is 9.88 Å². The van der Waals surface area contributed by atoms with E-state index in [1.54, 1.807) is 12.1 Å². The van der Waals surface area contributed by atoms with Crippen molar-refractivity contribution in [3.8, 4) is 0 Å². The van der Waals surface area contributed by atoms with Gasteiger partial charge < -0.3 is 15.1 Å². The van der Waals surface area contributed by atoms with E-state index in [4.69, 9.17) is 5.11 Å². The zero-order chi connectivity index (χ0) is 13.8. The van der Waals surface area contributed by atoms with Gasteiger partial charge in [-0.3, -0.25) is 0 Å². The number of piperidine rings is 1. The number of carboxylic acids is 1. The molecule has 19 heavy (non-hydrogen) atoms. The maximum absolute atomic E-state index is 11.1. The molecular weight excluding hydrogens is 244 g/mol. The largest absolute Gasteiger partial charge is 0.478 e. The molecule has 0 spiro atoms. The van der Waals surface area contributed by atoms with E-state index in [9.17, 15) is 9.90 Å². The van der Waals surface area contributed by atoms with Crippen molar-refractivity contribution >= 4 is 11.8 Å². The molecule has 1 aliphatic heterocycles. The standard InChI is InChI=1S/C14H20N2O3/c1-2-12-6-11(14(18)19)7-13(15-12)16-5-3-4-10(8-16)9-17/h6-7,10,17H,2-5,8-9H2,1H3,(H,18,19). The summed E-state index contributed by atoms with van der Waals surface area (Å²) in [5, 5.41) is 18.4. The van der Waals surface area contributed by atoms with Crippen molar-refractivity contribution in [3.05, 3.63) is 23.4 Å². The average molecular weight is 264 g/mol. The Morgan fingerprint density at radius 2 is 2.32 bits per heavy atom. The van der Waals surface area contributed by atoms with E-state index in [0.717, 1.165) is 37.4 Å². The lowest BCUT2D eigenvalue weighted by molar-refractivity contribution is 0.0696. The fourth-order valence-corrected chi connectivity index (χ4v) is 2.46. The molecule has 104 valence electrons. The van der Waals surface area contributed by atoms with E-state index in [1.807, 2.05) is 6.92 Å². The summed E-state index contributed by atoms with van der Waals surface area (Å²) in [6.07, 6.45) is 2.74. The van der Waals surface area contributed by atoms with Crippen molar-refractivity contribution in [2.45, 2.75) is 26.2 Å². The number of carbonyl (C=O) groups is 1. The summed E-state index contributed by atoms with van der Waals surface area (Å²) >= 11 is 0. The highest BCUT2D eigenvalue weighted by atomic mass is 16.4. The number of pyridine rings is 1. The van der Waals surface area contributed by atoms with E-state index in [0.29, 0.717) is 6.42 Å². The second kappa shape index (κ2) is 6.02. The fourth-order valence-electron chi connectivity index (χ4n) is 2.46. The van der Waals surface area contributed by atoms with Gasteiger partial charge in [-0.25, -0.2) is 9.78 Å².